The maximum absolute atomic E-state index is 12.1. The number of halogens is 1. The number of carbonyl (C=O) groups is 2. The predicted molar refractivity (Wildman–Crippen MR) is 89.4 cm³/mol. The van der Waals surface area contributed by atoms with Crippen molar-refractivity contribution in [1.29, 1.82) is 0 Å². The Morgan fingerprint density at radius 1 is 1.13 bits per heavy atom. The number of carbonyl (C=O) groups excluding carboxylic acids is 2. The van der Waals surface area contributed by atoms with Gasteiger partial charge in [0.05, 0.1) is 22.9 Å². The van der Waals surface area contributed by atoms with E-state index in [1.54, 1.807) is 18.2 Å². The van der Waals surface area contributed by atoms with Gasteiger partial charge in [0.1, 0.15) is 5.75 Å². The third-order valence-electron chi connectivity index (χ3n) is 3.75. The van der Waals surface area contributed by atoms with Crippen LogP contribution in [0.1, 0.15) is 22.3 Å². The number of hydrogen-bond acceptors (Lipinski definition) is 3. The predicted octanol–water partition coefficient (Wildman–Crippen LogP) is 3.65. The second-order valence-corrected chi connectivity index (χ2v) is 5.85. The van der Waals surface area contributed by atoms with Crippen LogP contribution >= 0.6 is 11.6 Å². The summed E-state index contributed by atoms with van der Waals surface area (Å²) >= 11 is 6.02. The highest BCUT2D eigenvalue weighted by molar-refractivity contribution is 6.52. The van der Waals surface area contributed by atoms with Gasteiger partial charge in [0.25, 0.3) is 11.7 Å². The van der Waals surface area contributed by atoms with Crippen LogP contribution in [-0.4, -0.2) is 24.8 Å². The van der Waals surface area contributed by atoms with E-state index in [4.69, 9.17) is 16.3 Å². The molecule has 0 N–H and O–H groups in total. The zero-order valence-electron chi connectivity index (χ0n) is 12.7. The Morgan fingerprint density at radius 3 is 2.70 bits per heavy atom. The van der Waals surface area contributed by atoms with Crippen LogP contribution in [0.2, 0.25) is 5.02 Å². The molecule has 5 heteroatoms. The number of fused-ring (bicyclic) bond motifs is 1. The molecule has 23 heavy (non-hydrogen) atoms. The first-order chi connectivity index (χ1) is 11.1. The van der Waals surface area contributed by atoms with Crippen LogP contribution in [0.3, 0.4) is 0 Å². The van der Waals surface area contributed by atoms with E-state index >= 15 is 0 Å². The van der Waals surface area contributed by atoms with Gasteiger partial charge < -0.3 is 9.64 Å². The van der Waals surface area contributed by atoms with Crippen molar-refractivity contribution < 1.29 is 14.3 Å². The van der Waals surface area contributed by atoms with E-state index in [1.807, 2.05) is 31.2 Å². The summed E-state index contributed by atoms with van der Waals surface area (Å²) in [5.41, 5.74) is 2.14. The molecule has 118 valence electrons. The number of benzene rings is 2. The van der Waals surface area contributed by atoms with Crippen LogP contribution in [0.4, 0.5) is 5.69 Å². The summed E-state index contributed by atoms with van der Waals surface area (Å²) in [7, 11) is 0. The topological polar surface area (TPSA) is 46.6 Å². The number of ketones is 1. The minimum Gasteiger partial charge on any atom is -0.492 e. The lowest BCUT2D eigenvalue weighted by Gasteiger charge is -2.16. The van der Waals surface area contributed by atoms with E-state index in [0.717, 1.165) is 5.56 Å². The highest BCUT2D eigenvalue weighted by Crippen LogP contribution is 2.30. The molecule has 1 heterocycles. The van der Waals surface area contributed by atoms with Crippen LogP contribution in [0.5, 0.6) is 5.75 Å². The smallest absolute Gasteiger partial charge is 0.299 e. The van der Waals surface area contributed by atoms with Crippen LogP contribution < -0.4 is 9.64 Å². The van der Waals surface area contributed by atoms with Gasteiger partial charge in [0.2, 0.25) is 0 Å². The molecule has 0 unspecified atom stereocenters. The molecule has 4 nitrogen and oxygen atoms in total. The van der Waals surface area contributed by atoms with Gasteiger partial charge in [-0.15, -0.1) is 0 Å². The van der Waals surface area contributed by atoms with Crippen molar-refractivity contribution >= 4 is 29.0 Å². The lowest BCUT2D eigenvalue weighted by molar-refractivity contribution is -0.114. The molecular formula is C18H16ClNO3. The Morgan fingerprint density at radius 2 is 1.91 bits per heavy atom. The number of aryl methyl sites for hydroxylation is 1. The van der Waals surface area contributed by atoms with Crippen molar-refractivity contribution in [3.63, 3.8) is 0 Å². The van der Waals surface area contributed by atoms with E-state index in [0.29, 0.717) is 41.6 Å². The van der Waals surface area contributed by atoms with Crippen LogP contribution in [0, 0.1) is 6.92 Å². The maximum atomic E-state index is 12.1. The summed E-state index contributed by atoms with van der Waals surface area (Å²) in [6.07, 6.45) is 0.609. The molecule has 0 radical (unpaired) electrons. The average Bonchev–Trinajstić information content (AvgIpc) is 2.77. The van der Waals surface area contributed by atoms with Crippen molar-refractivity contribution in [3.8, 4) is 5.75 Å². The summed E-state index contributed by atoms with van der Waals surface area (Å²) in [6.45, 7) is 2.76. The van der Waals surface area contributed by atoms with E-state index in [-0.39, 0.29) is 0 Å². The monoisotopic (exact) mass is 329 g/mol. The van der Waals surface area contributed by atoms with Crippen LogP contribution in [0.15, 0.2) is 42.5 Å². The fraction of sp³-hybridized carbons (Fsp3) is 0.222. The second kappa shape index (κ2) is 6.42. The van der Waals surface area contributed by atoms with E-state index in [2.05, 4.69) is 0 Å². The van der Waals surface area contributed by atoms with Crippen molar-refractivity contribution in [3.05, 3.63) is 58.6 Å². The largest absolute Gasteiger partial charge is 0.492 e. The standard InChI is InChI=1S/C18H16ClNO3/c1-12-7-8-15-13(11-12)17(21)18(22)20(15)9-4-10-23-16-6-3-2-5-14(16)19/h2-3,5-8,11H,4,9-10H2,1H3. The normalized spacial score (nSPS) is 13.4. The minimum absolute atomic E-state index is 0.420. The van der Waals surface area contributed by atoms with Gasteiger partial charge in [-0.25, -0.2) is 0 Å². The third kappa shape index (κ3) is 3.08. The second-order valence-electron chi connectivity index (χ2n) is 5.44. The molecular weight excluding hydrogens is 314 g/mol. The summed E-state index contributed by atoms with van der Waals surface area (Å²) in [5.74, 6) is -0.284. The quantitative estimate of drug-likeness (QED) is 0.621. The Kier molecular flexibility index (Phi) is 4.35. The molecule has 1 aliphatic heterocycles. The van der Waals surface area contributed by atoms with Crippen molar-refractivity contribution in [2.24, 2.45) is 0 Å². The molecule has 0 bridgehead atoms. The molecule has 0 spiro atoms. The number of ether oxygens (including phenoxy) is 1. The van der Waals surface area contributed by atoms with Crippen LogP contribution in [-0.2, 0) is 4.79 Å². The number of hydrogen-bond donors (Lipinski definition) is 0. The molecule has 1 aliphatic rings. The molecule has 2 aromatic rings. The van der Waals surface area contributed by atoms with Gasteiger partial charge in [-0.1, -0.05) is 35.4 Å². The third-order valence-corrected chi connectivity index (χ3v) is 4.06. The van der Waals surface area contributed by atoms with Crippen molar-refractivity contribution in [2.45, 2.75) is 13.3 Å². The Balaban J connectivity index is 1.62. The maximum Gasteiger partial charge on any atom is 0.299 e. The fourth-order valence-corrected chi connectivity index (χ4v) is 2.79. The number of nitrogens with zero attached hydrogens (tertiary/aromatic N) is 1. The summed E-state index contributed by atoms with van der Waals surface area (Å²) in [6, 6.07) is 12.7. The molecule has 1 amide bonds. The Labute approximate surface area is 139 Å². The number of para-hydroxylation sites is 1. The molecule has 2 aromatic carbocycles. The number of rotatable bonds is 5. The van der Waals surface area contributed by atoms with Gasteiger partial charge in [-0.2, -0.15) is 0 Å². The Hall–Kier alpha value is -2.33. The lowest BCUT2D eigenvalue weighted by Crippen LogP contribution is -2.31. The zero-order chi connectivity index (χ0) is 16.4. The molecule has 0 aromatic heterocycles. The van der Waals surface area contributed by atoms with Gasteiger partial charge in [0, 0.05) is 6.54 Å². The van der Waals surface area contributed by atoms with Gasteiger partial charge in [-0.05, 0) is 37.6 Å². The fourth-order valence-electron chi connectivity index (χ4n) is 2.60. The number of Topliss-reactive ketones (excluding diaryl/α,β-unsaturated/α-hetero) is 1. The molecule has 0 saturated heterocycles. The minimum atomic E-state index is -0.469. The first-order valence-electron chi connectivity index (χ1n) is 7.42. The zero-order valence-corrected chi connectivity index (χ0v) is 13.5. The first-order valence-corrected chi connectivity index (χ1v) is 7.80. The van der Waals surface area contributed by atoms with E-state index in [1.165, 1.54) is 4.90 Å². The molecule has 3 rings (SSSR count). The lowest BCUT2D eigenvalue weighted by atomic mass is 10.1. The number of anilines is 1. The van der Waals surface area contributed by atoms with Gasteiger partial charge in [-0.3, -0.25) is 9.59 Å². The number of amides is 1. The highest BCUT2D eigenvalue weighted by Gasteiger charge is 2.35. The first kappa shape index (κ1) is 15.6. The SMILES string of the molecule is Cc1ccc2c(c1)C(=O)C(=O)N2CCCOc1ccccc1Cl. The average molecular weight is 330 g/mol. The van der Waals surface area contributed by atoms with Gasteiger partial charge >= 0.3 is 0 Å². The molecule has 0 aliphatic carbocycles. The summed E-state index contributed by atoms with van der Waals surface area (Å²) < 4.78 is 5.61. The summed E-state index contributed by atoms with van der Waals surface area (Å²) in [5, 5.41) is 0.556. The molecule has 0 fully saturated rings. The van der Waals surface area contributed by atoms with Crippen molar-refractivity contribution in [1.82, 2.24) is 0 Å². The highest BCUT2D eigenvalue weighted by atomic mass is 35.5. The van der Waals surface area contributed by atoms with E-state index < -0.39 is 11.7 Å². The Bertz CT molecular complexity index is 773. The molecule has 0 atom stereocenters. The molecule has 0 saturated carbocycles. The van der Waals surface area contributed by atoms with Gasteiger partial charge in [0.15, 0.2) is 0 Å². The summed E-state index contributed by atoms with van der Waals surface area (Å²) in [4.78, 5) is 25.6. The van der Waals surface area contributed by atoms with Crippen LogP contribution in [0.25, 0.3) is 0 Å². The van der Waals surface area contributed by atoms with E-state index in [9.17, 15) is 9.59 Å². The van der Waals surface area contributed by atoms with Crippen molar-refractivity contribution in [2.75, 3.05) is 18.1 Å².